The number of ether oxygens (including phenoxy) is 2. The fraction of sp³-hybridized carbons (Fsp3) is 0.308. The summed E-state index contributed by atoms with van der Waals surface area (Å²) in [6, 6.07) is 14.7. The molecule has 1 N–H and O–H groups in total. The molecular formula is C26H29N5O5. The van der Waals surface area contributed by atoms with E-state index < -0.39 is 6.04 Å². The van der Waals surface area contributed by atoms with Gasteiger partial charge in [-0.25, -0.2) is 4.68 Å². The van der Waals surface area contributed by atoms with Gasteiger partial charge in [-0.3, -0.25) is 9.59 Å². The minimum absolute atomic E-state index is 0.0903. The van der Waals surface area contributed by atoms with Gasteiger partial charge < -0.3 is 24.1 Å². The fourth-order valence-corrected chi connectivity index (χ4v) is 4.13. The summed E-state index contributed by atoms with van der Waals surface area (Å²) >= 11 is 0. The highest BCUT2D eigenvalue weighted by molar-refractivity contribution is 5.90. The molecule has 2 aromatic heterocycles. The Kier molecular flexibility index (Phi) is 7.53. The van der Waals surface area contributed by atoms with Gasteiger partial charge in [0.15, 0.2) is 0 Å². The summed E-state index contributed by atoms with van der Waals surface area (Å²) in [4.78, 5) is 29.0. The average Bonchev–Trinajstić information content (AvgIpc) is 3.55. The zero-order valence-corrected chi connectivity index (χ0v) is 20.7. The van der Waals surface area contributed by atoms with Crippen molar-refractivity contribution in [2.75, 3.05) is 14.2 Å². The predicted octanol–water partition coefficient (Wildman–Crippen LogP) is 3.34. The van der Waals surface area contributed by atoms with Crippen LogP contribution in [0.2, 0.25) is 0 Å². The third-order valence-corrected chi connectivity index (χ3v) is 5.82. The molecule has 0 aliphatic carbocycles. The highest BCUT2D eigenvalue weighted by atomic mass is 16.5. The Hall–Kier alpha value is -4.34. The normalized spacial score (nSPS) is 11.9. The molecular weight excluding hydrogens is 462 g/mol. The van der Waals surface area contributed by atoms with Crippen LogP contribution in [-0.2, 0) is 22.7 Å². The number of furan rings is 1. The first-order chi connectivity index (χ1) is 17.4. The van der Waals surface area contributed by atoms with Crippen molar-refractivity contribution in [2.45, 2.75) is 39.0 Å². The van der Waals surface area contributed by atoms with Crippen LogP contribution < -0.4 is 14.8 Å². The Balaban J connectivity index is 1.73. The lowest BCUT2D eigenvalue weighted by molar-refractivity contribution is -0.143. The van der Waals surface area contributed by atoms with E-state index in [1.54, 1.807) is 37.4 Å². The number of carbonyl (C=O) groups is 2. The summed E-state index contributed by atoms with van der Waals surface area (Å²) in [5.41, 5.74) is 1.91. The molecule has 0 aliphatic rings. The molecule has 0 fully saturated rings. The van der Waals surface area contributed by atoms with Crippen molar-refractivity contribution in [1.82, 2.24) is 25.2 Å². The average molecular weight is 492 g/mol. The molecule has 0 bridgehead atoms. The second-order valence-corrected chi connectivity index (χ2v) is 8.44. The van der Waals surface area contributed by atoms with Crippen LogP contribution in [-0.4, -0.2) is 52.0 Å². The van der Waals surface area contributed by atoms with E-state index in [0.29, 0.717) is 28.3 Å². The number of rotatable bonds is 10. The summed E-state index contributed by atoms with van der Waals surface area (Å²) in [5, 5.41) is 11.2. The van der Waals surface area contributed by atoms with Crippen LogP contribution >= 0.6 is 0 Å². The Morgan fingerprint density at radius 2 is 1.89 bits per heavy atom. The number of hydrogen-bond donors (Lipinski definition) is 1. The number of carbonyl (C=O) groups excluding carboxylic acids is 2. The predicted molar refractivity (Wildman–Crippen MR) is 132 cm³/mol. The zero-order chi connectivity index (χ0) is 25.7. The molecule has 1 atom stereocenters. The molecule has 188 valence electrons. The summed E-state index contributed by atoms with van der Waals surface area (Å²) < 4.78 is 17.9. The molecule has 4 aromatic rings. The van der Waals surface area contributed by atoms with Crippen molar-refractivity contribution in [2.24, 2.45) is 0 Å². The van der Waals surface area contributed by atoms with Crippen molar-refractivity contribution in [3.05, 3.63) is 72.2 Å². The molecule has 0 aliphatic heterocycles. The van der Waals surface area contributed by atoms with Gasteiger partial charge in [-0.15, -0.1) is 5.10 Å². The van der Waals surface area contributed by atoms with E-state index in [1.807, 2.05) is 38.1 Å². The summed E-state index contributed by atoms with van der Waals surface area (Å²) in [7, 11) is 3.06. The van der Waals surface area contributed by atoms with Gasteiger partial charge in [0.1, 0.15) is 35.4 Å². The van der Waals surface area contributed by atoms with Gasteiger partial charge in [-0.05, 0) is 56.3 Å². The van der Waals surface area contributed by atoms with Crippen molar-refractivity contribution >= 4 is 22.8 Å². The van der Waals surface area contributed by atoms with E-state index in [2.05, 4.69) is 15.6 Å². The van der Waals surface area contributed by atoms with Gasteiger partial charge in [-0.2, -0.15) is 0 Å². The molecule has 0 unspecified atom stereocenters. The Morgan fingerprint density at radius 1 is 1.08 bits per heavy atom. The van der Waals surface area contributed by atoms with Crippen LogP contribution in [0.15, 0.2) is 65.3 Å². The molecule has 2 aromatic carbocycles. The monoisotopic (exact) mass is 491 g/mol. The quantitative estimate of drug-likeness (QED) is 0.362. The van der Waals surface area contributed by atoms with E-state index in [-0.39, 0.29) is 30.9 Å². The van der Waals surface area contributed by atoms with Crippen LogP contribution in [0.25, 0.3) is 11.0 Å². The number of methoxy groups -OCH3 is 2. The maximum atomic E-state index is 13.8. The number of hydrogen-bond acceptors (Lipinski definition) is 7. The maximum Gasteiger partial charge on any atom is 0.247 e. The van der Waals surface area contributed by atoms with Crippen molar-refractivity contribution in [3.63, 3.8) is 0 Å². The minimum atomic E-state index is -1.01. The van der Waals surface area contributed by atoms with E-state index in [0.717, 1.165) is 5.52 Å². The topological polar surface area (TPSA) is 112 Å². The van der Waals surface area contributed by atoms with Crippen LogP contribution in [0, 0.1) is 0 Å². The van der Waals surface area contributed by atoms with Crippen molar-refractivity contribution < 1.29 is 23.5 Å². The van der Waals surface area contributed by atoms with E-state index in [9.17, 15) is 9.59 Å². The molecule has 4 rings (SSSR count). The number of aromatic nitrogens is 3. The number of nitrogens with one attached hydrogen (secondary N) is 1. The molecule has 10 nitrogen and oxygen atoms in total. The molecule has 36 heavy (non-hydrogen) atoms. The second kappa shape index (κ2) is 10.9. The van der Waals surface area contributed by atoms with Crippen molar-refractivity contribution in [1.29, 1.82) is 0 Å². The van der Waals surface area contributed by atoms with Crippen LogP contribution in [0.5, 0.6) is 11.5 Å². The molecule has 0 spiro atoms. The van der Waals surface area contributed by atoms with Gasteiger partial charge in [-0.1, -0.05) is 17.3 Å². The number of nitrogens with zero attached hydrogens (tertiary/aromatic N) is 4. The molecule has 2 heterocycles. The third kappa shape index (κ3) is 5.17. The second-order valence-electron chi connectivity index (χ2n) is 8.44. The molecule has 0 radical (unpaired) electrons. The largest absolute Gasteiger partial charge is 0.497 e. The summed E-state index contributed by atoms with van der Waals surface area (Å²) in [5.74, 6) is 0.898. The first kappa shape index (κ1) is 24.8. The minimum Gasteiger partial charge on any atom is -0.497 e. The first-order valence-electron chi connectivity index (χ1n) is 11.5. The third-order valence-electron chi connectivity index (χ3n) is 5.82. The number of amides is 2. The fourth-order valence-electron chi connectivity index (χ4n) is 4.13. The number of para-hydroxylation sites is 1. The molecule has 0 saturated heterocycles. The standard InChI is InChI=1S/C26H29N5O5/c1-17(2)31(24(32)16-30-22-10-6-5-9-21(22)28-29-30)25(26(33)27-15-19-8-7-13-36-19)20-14-18(34-3)11-12-23(20)35-4/h5-14,17,25H,15-16H2,1-4H3,(H,27,33)/t25-/m1/s1. The maximum absolute atomic E-state index is 13.8. The van der Waals surface area contributed by atoms with Crippen LogP contribution in [0.1, 0.15) is 31.2 Å². The summed E-state index contributed by atoms with van der Waals surface area (Å²) in [6.07, 6.45) is 1.54. The lowest BCUT2D eigenvalue weighted by Crippen LogP contribution is -2.48. The SMILES string of the molecule is COc1ccc(OC)c([C@H](C(=O)NCc2ccco2)N(C(=O)Cn2nnc3ccccc32)C(C)C)c1. The van der Waals surface area contributed by atoms with Gasteiger partial charge in [0.25, 0.3) is 0 Å². The lowest BCUT2D eigenvalue weighted by Gasteiger charge is -2.35. The highest BCUT2D eigenvalue weighted by Gasteiger charge is 2.36. The Labute approximate surface area is 208 Å². The Bertz CT molecular complexity index is 1330. The van der Waals surface area contributed by atoms with Gasteiger partial charge in [0.05, 0.1) is 32.5 Å². The number of benzene rings is 2. The van der Waals surface area contributed by atoms with Gasteiger partial charge >= 0.3 is 0 Å². The number of fused-ring (bicyclic) bond motifs is 1. The molecule has 2 amide bonds. The van der Waals surface area contributed by atoms with E-state index >= 15 is 0 Å². The van der Waals surface area contributed by atoms with Crippen LogP contribution in [0.4, 0.5) is 0 Å². The van der Waals surface area contributed by atoms with Gasteiger partial charge in [0.2, 0.25) is 11.8 Å². The van der Waals surface area contributed by atoms with E-state index in [1.165, 1.54) is 23.0 Å². The Morgan fingerprint density at radius 3 is 2.58 bits per heavy atom. The van der Waals surface area contributed by atoms with E-state index in [4.69, 9.17) is 13.9 Å². The zero-order valence-electron chi connectivity index (χ0n) is 20.7. The summed E-state index contributed by atoms with van der Waals surface area (Å²) in [6.45, 7) is 3.79. The van der Waals surface area contributed by atoms with Gasteiger partial charge in [0, 0.05) is 11.6 Å². The lowest BCUT2D eigenvalue weighted by atomic mass is 10.0. The molecule has 10 heteroatoms. The first-order valence-corrected chi connectivity index (χ1v) is 11.5. The smallest absolute Gasteiger partial charge is 0.247 e. The van der Waals surface area contributed by atoms with Crippen LogP contribution in [0.3, 0.4) is 0 Å². The van der Waals surface area contributed by atoms with Crippen molar-refractivity contribution in [3.8, 4) is 11.5 Å². The molecule has 0 saturated carbocycles. The highest BCUT2D eigenvalue weighted by Crippen LogP contribution is 2.34.